The van der Waals surface area contributed by atoms with Crippen LogP contribution in [0.4, 0.5) is 4.39 Å². The second kappa shape index (κ2) is 4.58. The SMILES string of the molecule is C[C@H](O)COc1cc(Br)ccc1F. The largest absolute Gasteiger partial charge is 0.488 e. The first-order chi connectivity index (χ1) is 6.09. The molecule has 0 bridgehead atoms. The minimum absolute atomic E-state index is 0.0906. The molecule has 0 heterocycles. The van der Waals surface area contributed by atoms with Gasteiger partial charge >= 0.3 is 0 Å². The van der Waals surface area contributed by atoms with Gasteiger partial charge in [0.25, 0.3) is 0 Å². The van der Waals surface area contributed by atoms with Crippen molar-refractivity contribution in [2.75, 3.05) is 6.61 Å². The van der Waals surface area contributed by atoms with Crippen LogP contribution in [0.2, 0.25) is 0 Å². The smallest absolute Gasteiger partial charge is 0.165 e. The van der Waals surface area contributed by atoms with Gasteiger partial charge in [-0.15, -0.1) is 0 Å². The first-order valence-corrected chi connectivity index (χ1v) is 4.65. The van der Waals surface area contributed by atoms with Gasteiger partial charge in [-0.25, -0.2) is 4.39 Å². The topological polar surface area (TPSA) is 29.5 Å². The highest BCUT2D eigenvalue weighted by Crippen LogP contribution is 2.22. The maximum Gasteiger partial charge on any atom is 0.165 e. The Morgan fingerprint density at radius 1 is 1.62 bits per heavy atom. The summed E-state index contributed by atoms with van der Waals surface area (Å²) in [6.45, 7) is 1.67. The van der Waals surface area contributed by atoms with Crippen molar-refractivity contribution in [2.24, 2.45) is 0 Å². The molecule has 1 atom stereocenters. The number of hydrogen-bond acceptors (Lipinski definition) is 2. The molecule has 0 radical (unpaired) electrons. The third-order valence-corrected chi connectivity index (χ3v) is 1.87. The van der Waals surface area contributed by atoms with Crippen molar-refractivity contribution in [2.45, 2.75) is 13.0 Å². The number of aliphatic hydroxyl groups is 1. The zero-order valence-corrected chi connectivity index (χ0v) is 8.71. The van der Waals surface area contributed by atoms with Gasteiger partial charge in [0, 0.05) is 4.47 Å². The lowest BCUT2D eigenvalue weighted by Crippen LogP contribution is -2.13. The standard InChI is InChI=1S/C9H10BrFO2/c1-6(12)5-13-9-4-7(10)2-3-8(9)11/h2-4,6,12H,5H2,1H3/t6-/m0/s1. The number of benzene rings is 1. The maximum absolute atomic E-state index is 13.0. The third kappa shape index (κ3) is 3.32. The predicted octanol–water partition coefficient (Wildman–Crippen LogP) is 2.35. The van der Waals surface area contributed by atoms with Crippen LogP contribution < -0.4 is 4.74 Å². The summed E-state index contributed by atoms with van der Waals surface area (Å²) in [6, 6.07) is 4.42. The maximum atomic E-state index is 13.0. The van der Waals surface area contributed by atoms with Crippen LogP contribution in [0.15, 0.2) is 22.7 Å². The molecule has 0 aliphatic rings. The number of rotatable bonds is 3. The van der Waals surface area contributed by atoms with Crippen molar-refractivity contribution in [3.05, 3.63) is 28.5 Å². The van der Waals surface area contributed by atoms with Crippen LogP contribution in [0.1, 0.15) is 6.92 Å². The number of ether oxygens (including phenoxy) is 1. The Hall–Kier alpha value is -0.610. The molecule has 1 rings (SSSR count). The molecule has 0 fully saturated rings. The fourth-order valence-corrected chi connectivity index (χ4v) is 1.14. The van der Waals surface area contributed by atoms with E-state index in [1.165, 1.54) is 12.1 Å². The second-order valence-electron chi connectivity index (χ2n) is 2.73. The van der Waals surface area contributed by atoms with E-state index in [4.69, 9.17) is 9.84 Å². The third-order valence-electron chi connectivity index (χ3n) is 1.37. The molecule has 2 nitrogen and oxygen atoms in total. The Bertz CT molecular complexity index is 289. The van der Waals surface area contributed by atoms with Gasteiger partial charge in [-0.05, 0) is 25.1 Å². The van der Waals surface area contributed by atoms with Gasteiger partial charge in [0.15, 0.2) is 11.6 Å². The van der Waals surface area contributed by atoms with E-state index in [0.29, 0.717) is 0 Å². The molecule has 4 heteroatoms. The van der Waals surface area contributed by atoms with Gasteiger partial charge in [0.2, 0.25) is 0 Å². The van der Waals surface area contributed by atoms with Crippen molar-refractivity contribution in [1.29, 1.82) is 0 Å². The van der Waals surface area contributed by atoms with Crippen LogP contribution in [0.25, 0.3) is 0 Å². The van der Waals surface area contributed by atoms with Crippen LogP contribution in [-0.2, 0) is 0 Å². The van der Waals surface area contributed by atoms with E-state index in [-0.39, 0.29) is 12.4 Å². The summed E-state index contributed by atoms with van der Waals surface area (Å²) in [6.07, 6.45) is -0.599. The molecular weight excluding hydrogens is 239 g/mol. The molecule has 1 aromatic rings. The summed E-state index contributed by atoms with van der Waals surface area (Å²) in [5.41, 5.74) is 0. The Labute approximate surface area is 84.5 Å². The Balaban J connectivity index is 2.70. The van der Waals surface area contributed by atoms with E-state index >= 15 is 0 Å². The molecule has 0 aliphatic carbocycles. The summed E-state index contributed by atoms with van der Waals surface area (Å²) in [5, 5.41) is 8.91. The molecule has 1 N–H and O–H groups in total. The fourth-order valence-electron chi connectivity index (χ4n) is 0.798. The Kier molecular flexibility index (Phi) is 3.69. The summed E-state index contributed by atoms with van der Waals surface area (Å²) < 4.78 is 18.8. The Morgan fingerprint density at radius 3 is 2.92 bits per heavy atom. The zero-order valence-electron chi connectivity index (χ0n) is 7.13. The molecule has 72 valence electrons. The van der Waals surface area contributed by atoms with Crippen molar-refractivity contribution in [3.8, 4) is 5.75 Å². The lowest BCUT2D eigenvalue weighted by molar-refractivity contribution is 0.120. The van der Waals surface area contributed by atoms with Crippen LogP contribution >= 0.6 is 15.9 Å². The van der Waals surface area contributed by atoms with E-state index < -0.39 is 11.9 Å². The molecule has 0 unspecified atom stereocenters. The van der Waals surface area contributed by atoms with Crippen molar-refractivity contribution >= 4 is 15.9 Å². The second-order valence-corrected chi connectivity index (χ2v) is 3.65. The first-order valence-electron chi connectivity index (χ1n) is 3.85. The highest BCUT2D eigenvalue weighted by atomic mass is 79.9. The molecule has 0 spiro atoms. The van der Waals surface area contributed by atoms with Crippen LogP contribution in [0, 0.1) is 5.82 Å². The summed E-state index contributed by atoms with van der Waals surface area (Å²) in [5.74, 6) is -0.279. The van der Waals surface area contributed by atoms with Gasteiger partial charge in [0.1, 0.15) is 6.61 Å². The molecule has 0 amide bonds. The highest BCUT2D eigenvalue weighted by Gasteiger charge is 2.04. The van der Waals surface area contributed by atoms with Crippen molar-refractivity contribution in [1.82, 2.24) is 0 Å². The highest BCUT2D eigenvalue weighted by molar-refractivity contribution is 9.10. The molecule has 0 aromatic heterocycles. The minimum atomic E-state index is -0.599. The number of halogens is 2. The molecule has 0 saturated heterocycles. The monoisotopic (exact) mass is 248 g/mol. The number of hydrogen-bond donors (Lipinski definition) is 1. The zero-order chi connectivity index (χ0) is 9.84. The number of aliphatic hydroxyl groups excluding tert-OH is 1. The van der Waals surface area contributed by atoms with Crippen LogP contribution in [0.5, 0.6) is 5.75 Å². The summed E-state index contributed by atoms with van der Waals surface area (Å²) >= 11 is 3.19. The van der Waals surface area contributed by atoms with Gasteiger partial charge in [-0.2, -0.15) is 0 Å². The lowest BCUT2D eigenvalue weighted by atomic mass is 10.3. The van der Waals surface area contributed by atoms with Gasteiger partial charge < -0.3 is 9.84 Å². The van der Waals surface area contributed by atoms with E-state index in [0.717, 1.165) is 4.47 Å². The fraction of sp³-hybridized carbons (Fsp3) is 0.333. The van der Waals surface area contributed by atoms with Gasteiger partial charge in [0.05, 0.1) is 6.10 Å². The summed E-state index contributed by atoms with van der Waals surface area (Å²) in [7, 11) is 0. The predicted molar refractivity (Wildman–Crippen MR) is 51.3 cm³/mol. The first kappa shape index (κ1) is 10.5. The van der Waals surface area contributed by atoms with Crippen molar-refractivity contribution in [3.63, 3.8) is 0 Å². The summed E-state index contributed by atoms with van der Waals surface area (Å²) in [4.78, 5) is 0. The van der Waals surface area contributed by atoms with E-state index in [9.17, 15) is 4.39 Å². The normalized spacial score (nSPS) is 12.6. The van der Waals surface area contributed by atoms with Crippen molar-refractivity contribution < 1.29 is 14.2 Å². The molecule has 0 saturated carbocycles. The quantitative estimate of drug-likeness (QED) is 0.890. The van der Waals surface area contributed by atoms with Crippen LogP contribution in [-0.4, -0.2) is 17.8 Å². The Morgan fingerprint density at radius 2 is 2.31 bits per heavy atom. The average molecular weight is 249 g/mol. The average Bonchev–Trinajstić information content (AvgIpc) is 2.06. The molecule has 1 aromatic carbocycles. The van der Waals surface area contributed by atoms with E-state index in [1.54, 1.807) is 13.0 Å². The lowest BCUT2D eigenvalue weighted by Gasteiger charge is -2.08. The molecule has 13 heavy (non-hydrogen) atoms. The minimum Gasteiger partial charge on any atom is -0.488 e. The van der Waals surface area contributed by atoms with E-state index in [1.807, 2.05) is 0 Å². The molecular formula is C9H10BrFO2. The van der Waals surface area contributed by atoms with Gasteiger partial charge in [-0.1, -0.05) is 15.9 Å². The molecule has 0 aliphatic heterocycles. The van der Waals surface area contributed by atoms with E-state index in [2.05, 4.69) is 15.9 Å². The van der Waals surface area contributed by atoms with Gasteiger partial charge in [-0.3, -0.25) is 0 Å². The van der Waals surface area contributed by atoms with Crippen LogP contribution in [0.3, 0.4) is 0 Å².